The van der Waals surface area contributed by atoms with Crippen molar-refractivity contribution in [1.82, 2.24) is 9.97 Å². The molecule has 0 bridgehead atoms. The summed E-state index contributed by atoms with van der Waals surface area (Å²) in [4.78, 5) is 22.2. The number of hydrogen-bond donors (Lipinski definition) is 2. The van der Waals surface area contributed by atoms with E-state index >= 15 is 0 Å². The van der Waals surface area contributed by atoms with Crippen molar-refractivity contribution in [3.8, 4) is 5.75 Å². The minimum Gasteiger partial charge on any atom is -0.496 e. The molecule has 2 aromatic rings. The number of anilines is 2. The van der Waals surface area contributed by atoms with Gasteiger partial charge < -0.3 is 20.1 Å². The maximum Gasteiger partial charge on any atom is 0.306 e. The van der Waals surface area contributed by atoms with E-state index in [1.165, 1.54) is 0 Å². The van der Waals surface area contributed by atoms with Gasteiger partial charge in [0.25, 0.3) is 0 Å². The Bertz CT molecular complexity index is 773. The van der Waals surface area contributed by atoms with Crippen molar-refractivity contribution in [3.05, 3.63) is 41.7 Å². The normalized spacial score (nSPS) is 14.9. The third kappa shape index (κ3) is 4.22. The lowest BCUT2D eigenvalue weighted by Gasteiger charge is -2.31. The molecule has 3 rings (SSSR count). The molecule has 1 aromatic carbocycles. The minimum atomic E-state index is -0.706. The number of para-hydroxylation sites is 1. The van der Waals surface area contributed by atoms with Crippen molar-refractivity contribution in [1.29, 1.82) is 0 Å². The van der Waals surface area contributed by atoms with Crippen LogP contribution < -0.4 is 15.0 Å². The fraction of sp³-hybridized carbons (Fsp3) is 0.421. The molecule has 1 saturated heterocycles. The molecule has 138 valence electrons. The number of aryl methyl sites for hydroxylation is 1. The van der Waals surface area contributed by atoms with E-state index in [9.17, 15) is 4.79 Å². The molecular weight excluding hydrogens is 332 g/mol. The van der Waals surface area contributed by atoms with Crippen LogP contribution in [0.4, 0.5) is 11.6 Å². The van der Waals surface area contributed by atoms with Gasteiger partial charge in [-0.15, -0.1) is 0 Å². The maximum absolute atomic E-state index is 11.1. The van der Waals surface area contributed by atoms with Gasteiger partial charge in [-0.25, -0.2) is 9.97 Å². The first kappa shape index (κ1) is 18.0. The molecule has 0 unspecified atom stereocenters. The smallest absolute Gasteiger partial charge is 0.306 e. The molecule has 0 radical (unpaired) electrons. The average molecular weight is 356 g/mol. The molecule has 0 spiro atoms. The molecule has 7 heteroatoms. The zero-order valence-corrected chi connectivity index (χ0v) is 15.1. The number of benzene rings is 1. The molecule has 1 aliphatic heterocycles. The van der Waals surface area contributed by atoms with E-state index in [1.807, 2.05) is 37.3 Å². The van der Waals surface area contributed by atoms with Crippen LogP contribution in [0.2, 0.25) is 0 Å². The highest BCUT2D eigenvalue weighted by Crippen LogP contribution is 2.24. The van der Waals surface area contributed by atoms with Crippen LogP contribution in [0, 0.1) is 12.8 Å². The molecule has 7 nitrogen and oxygen atoms in total. The lowest BCUT2D eigenvalue weighted by molar-refractivity contribution is -0.142. The Hall–Kier alpha value is -2.83. The quantitative estimate of drug-likeness (QED) is 0.823. The third-order valence-electron chi connectivity index (χ3n) is 4.65. The number of carboxylic acid groups (broad SMARTS) is 1. The summed E-state index contributed by atoms with van der Waals surface area (Å²) in [5, 5.41) is 12.5. The molecule has 2 N–H and O–H groups in total. The number of rotatable bonds is 6. The molecule has 0 amide bonds. The van der Waals surface area contributed by atoms with E-state index in [0.717, 1.165) is 22.9 Å². The van der Waals surface area contributed by atoms with Crippen LogP contribution in [0.3, 0.4) is 0 Å². The first-order valence-electron chi connectivity index (χ1n) is 8.76. The standard InChI is InChI=1S/C19H24N4O3/c1-13-21-17(20-12-15-5-3-4-6-16(15)26-2)11-18(22-13)23-9-7-14(8-10-23)19(24)25/h3-6,11,14H,7-10,12H2,1-2H3,(H,24,25)(H,20,21,22). The minimum absolute atomic E-state index is 0.252. The molecule has 26 heavy (non-hydrogen) atoms. The summed E-state index contributed by atoms with van der Waals surface area (Å²) >= 11 is 0. The van der Waals surface area contributed by atoms with Crippen molar-refractivity contribution < 1.29 is 14.6 Å². The van der Waals surface area contributed by atoms with E-state index in [-0.39, 0.29) is 5.92 Å². The van der Waals surface area contributed by atoms with Gasteiger partial charge in [0.2, 0.25) is 0 Å². The zero-order valence-electron chi connectivity index (χ0n) is 15.1. The predicted octanol–water partition coefficient (Wildman–Crippen LogP) is 2.71. The second kappa shape index (κ2) is 8.03. The number of methoxy groups -OCH3 is 1. The summed E-state index contributed by atoms with van der Waals surface area (Å²) in [5.41, 5.74) is 1.05. The first-order valence-corrected chi connectivity index (χ1v) is 8.76. The second-order valence-electron chi connectivity index (χ2n) is 6.42. The number of ether oxygens (including phenoxy) is 1. The van der Waals surface area contributed by atoms with Gasteiger partial charge in [-0.2, -0.15) is 0 Å². The zero-order chi connectivity index (χ0) is 18.5. The lowest BCUT2D eigenvalue weighted by atomic mass is 9.97. The first-order chi connectivity index (χ1) is 12.6. The highest BCUT2D eigenvalue weighted by atomic mass is 16.5. The van der Waals surface area contributed by atoms with E-state index in [2.05, 4.69) is 20.2 Å². The number of carboxylic acids is 1. The summed E-state index contributed by atoms with van der Waals surface area (Å²) < 4.78 is 5.38. The van der Waals surface area contributed by atoms with Gasteiger partial charge in [0, 0.05) is 31.3 Å². The van der Waals surface area contributed by atoms with Gasteiger partial charge in [-0.05, 0) is 25.8 Å². The Morgan fingerprint density at radius 2 is 2.04 bits per heavy atom. The van der Waals surface area contributed by atoms with Gasteiger partial charge >= 0.3 is 5.97 Å². The van der Waals surface area contributed by atoms with Gasteiger partial charge in [0.15, 0.2) is 0 Å². The van der Waals surface area contributed by atoms with Crippen LogP contribution in [0.25, 0.3) is 0 Å². The summed E-state index contributed by atoms with van der Waals surface area (Å²) in [6.07, 6.45) is 1.28. The second-order valence-corrected chi connectivity index (χ2v) is 6.42. The van der Waals surface area contributed by atoms with Gasteiger partial charge in [-0.1, -0.05) is 18.2 Å². The molecule has 1 fully saturated rings. The fourth-order valence-corrected chi connectivity index (χ4v) is 3.19. The summed E-state index contributed by atoms with van der Waals surface area (Å²) in [5.74, 6) is 2.15. The SMILES string of the molecule is COc1ccccc1CNc1cc(N2CCC(C(=O)O)CC2)nc(C)n1. The highest BCUT2D eigenvalue weighted by molar-refractivity contribution is 5.70. The Balaban J connectivity index is 1.69. The number of aliphatic carboxylic acids is 1. The summed E-state index contributed by atoms with van der Waals surface area (Å²) in [6.45, 7) is 3.85. The van der Waals surface area contributed by atoms with Crippen molar-refractivity contribution in [2.24, 2.45) is 5.92 Å². The third-order valence-corrected chi connectivity index (χ3v) is 4.65. The van der Waals surface area contributed by atoms with E-state index in [4.69, 9.17) is 9.84 Å². The number of piperidine rings is 1. The Morgan fingerprint density at radius 3 is 2.73 bits per heavy atom. The average Bonchev–Trinajstić information content (AvgIpc) is 2.66. The van der Waals surface area contributed by atoms with Crippen molar-refractivity contribution >= 4 is 17.6 Å². The topological polar surface area (TPSA) is 87.6 Å². The fourth-order valence-electron chi connectivity index (χ4n) is 3.19. The van der Waals surface area contributed by atoms with Crippen LogP contribution in [-0.4, -0.2) is 41.2 Å². The Morgan fingerprint density at radius 1 is 1.31 bits per heavy atom. The molecule has 0 aliphatic carbocycles. The molecule has 2 heterocycles. The van der Waals surface area contributed by atoms with Crippen LogP contribution in [0.5, 0.6) is 5.75 Å². The van der Waals surface area contributed by atoms with Gasteiger partial charge in [-0.3, -0.25) is 4.79 Å². The number of nitrogens with one attached hydrogen (secondary N) is 1. The molecule has 0 atom stereocenters. The summed E-state index contributed by atoms with van der Waals surface area (Å²) in [7, 11) is 1.66. The number of carbonyl (C=O) groups is 1. The molecule has 1 aromatic heterocycles. The van der Waals surface area contributed by atoms with Crippen LogP contribution in [0.1, 0.15) is 24.2 Å². The highest BCUT2D eigenvalue weighted by Gasteiger charge is 2.25. The Labute approximate surface area is 153 Å². The monoisotopic (exact) mass is 356 g/mol. The van der Waals surface area contributed by atoms with Gasteiger partial charge in [0.1, 0.15) is 23.2 Å². The molecular formula is C19H24N4O3. The van der Waals surface area contributed by atoms with Crippen molar-refractivity contribution in [2.75, 3.05) is 30.4 Å². The molecule has 1 aliphatic rings. The van der Waals surface area contributed by atoms with Crippen LogP contribution in [0.15, 0.2) is 30.3 Å². The number of nitrogens with zero attached hydrogens (tertiary/aromatic N) is 3. The predicted molar refractivity (Wildman–Crippen MR) is 99.7 cm³/mol. The van der Waals surface area contributed by atoms with E-state index < -0.39 is 5.97 Å². The lowest BCUT2D eigenvalue weighted by Crippen LogP contribution is -2.36. The summed E-state index contributed by atoms with van der Waals surface area (Å²) in [6, 6.07) is 9.78. The molecule has 0 saturated carbocycles. The number of hydrogen-bond acceptors (Lipinski definition) is 6. The van der Waals surface area contributed by atoms with E-state index in [1.54, 1.807) is 7.11 Å². The van der Waals surface area contributed by atoms with Crippen molar-refractivity contribution in [2.45, 2.75) is 26.3 Å². The van der Waals surface area contributed by atoms with E-state index in [0.29, 0.717) is 38.3 Å². The van der Waals surface area contributed by atoms with Gasteiger partial charge in [0.05, 0.1) is 13.0 Å². The van der Waals surface area contributed by atoms with Crippen molar-refractivity contribution in [3.63, 3.8) is 0 Å². The largest absolute Gasteiger partial charge is 0.496 e. The Kier molecular flexibility index (Phi) is 5.55. The number of aromatic nitrogens is 2. The van der Waals surface area contributed by atoms with Crippen LogP contribution in [-0.2, 0) is 11.3 Å². The maximum atomic E-state index is 11.1. The van der Waals surface area contributed by atoms with Crippen LogP contribution >= 0.6 is 0 Å².